The van der Waals surface area contributed by atoms with Crippen LogP contribution in [0.2, 0.25) is 0 Å². The first-order valence-electron chi connectivity index (χ1n) is 7.85. The molecule has 0 radical (unpaired) electrons. The molecule has 1 aliphatic rings. The van der Waals surface area contributed by atoms with Gasteiger partial charge in [-0.2, -0.15) is 0 Å². The summed E-state index contributed by atoms with van der Waals surface area (Å²) in [5, 5.41) is 3.86. The van der Waals surface area contributed by atoms with Gasteiger partial charge in [0.25, 0.3) is 0 Å². The fourth-order valence-corrected chi connectivity index (χ4v) is 3.25. The first kappa shape index (κ1) is 15.0. The van der Waals surface area contributed by atoms with Crippen molar-refractivity contribution in [2.24, 2.45) is 11.3 Å². The van der Waals surface area contributed by atoms with Crippen LogP contribution in [0.4, 0.5) is 0 Å². The van der Waals surface area contributed by atoms with Gasteiger partial charge in [0.2, 0.25) is 0 Å². The monoisotopic (exact) mass is 239 g/mol. The van der Waals surface area contributed by atoms with Gasteiger partial charge in [-0.15, -0.1) is 0 Å². The van der Waals surface area contributed by atoms with Gasteiger partial charge in [-0.05, 0) is 43.6 Å². The van der Waals surface area contributed by atoms with Gasteiger partial charge in [-0.1, -0.05) is 53.4 Å². The molecule has 0 spiro atoms. The minimum absolute atomic E-state index is 0.449. The second-order valence-electron chi connectivity index (χ2n) is 6.53. The van der Waals surface area contributed by atoms with Gasteiger partial charge in [0.15, 0.2) is 0 Å². The normalized spacial score (nSPS) is 21.2. The van der Waals surface area contributed by atoms with Crippen molar-refractivity contribution < 1.29 is 0 Å². The fourth-order valence-electron chi connectivity index (χ4n) is 3.25. The van der Waals surface area contributed by atoms with E-state index in [-0.39, 0.29) is 0 Å². The quantitative estimate of drug-likeness (QED) is 0.659. The van der Waals surface area contributed by atoms with E-state index in [0.29, 0.717) is 5.41 Å². The van der Waals surface area contributed by atoms with E-state index >= 15 is 0 Å². The zero-order chi connectivity index (χ0) is 12.7. The molecule has 1 aliphatic carbocycles. The molecule has 1 N–H and O–H groups in total. The summed E-state index contributed by atoms with van der Waals surface area (Å²) in [6.07, 6.45) is 11.3. The molecule has 1 unspecified atom stereocenters. The smallest absolute Gasteiger partial charge is 0.0146 e. The average Bonchev–Trinajstić information content (AvgIpc) is 2.58. The molecule has 17 heavy (non-hydrogen) atoms. The maximum atomic E-state index is 3.86. The average molecular weight is 239 g/mol. The van der Waals surface area contributed by atoms with Crippen LogP contribution in [0.15, 0.2) is 0 Å². The predicted octanol–water partition coefficient (Wildman–Crippen LogP) is 4.76. The summed E-state index contributed by atoms with van der Waals surface area (Å²) in [6.45, 7) is 10.7. The molecule has 0 aromatic heterocycles. The van der Waals surface area contributed by atoms with Crippen molar-refractivity contribution in [2.75, 3.05) is 6.54 Å². The minimum atomic E-state index is 0.449. The zero-order valence-corrected chi connectivity index (χ0v) is 12.5. The summed E-state index contributed by atoms with van der Waals surface area (Å²) < 4.78 is 0. The molecule has 1 fully saturated rings. The Kier molecular flexibility index (Phi) is 6.54. The number of rotatable bonds is 6. The number of nitrogens with one attached hydrogen (secondary N) is 1. The van der Waals surface area contributed by atoms with Crippen molar-refractivity contribution in [1.82, 2.24) is 5.32 Å². The number of hydrogen-bond donors (Lipinski definition) is 1. The van der Waals surface area contributed by atoms with Crippen LogP contribution in [-0.2, 0) is 0 Å². The lowest BCUT2D eigenvalue weighted by atomic mass is 9.73. The first-order chi connectivity index (χ1) is 8.11. The Labute approximate surface area is 109 Å². The van der Waals surface area contributed by atoms with Crippen molar-refractivity contribution >= 4 is 0 Å². The van der Waals surface area contributed by atoms with Gasteiger partial charge < -0.3 is 5.32 Å². The standard InChI is InChI=1S/C16H33N/c1-5-13-17-15(16(3,4)6-2)14-11-9-7-8-10-12-14/h14-15,17H,5-13H2,1-4H3. The van der Waals surface area contributed by atoms with Crippen LogP contribution in [0.1, 0.15) is 79.1 Å². The van der Waals surface area contributed by atoms with Crippen molar-refractivity contribution in [3.05, 3.63) is 0 Å². The Morgan fingerprint density at radius 2 is 1.65 bits per heavy atom. The summed E-state index contributed by atoms with van der Waals surface area (Å²) in [6, 6.07) is 0.727. The third kappa shape index (κ3) is 4.62. The molecule has 102 valence electrons. The van der Waals surface area contributed by atoms with Gasteiger partial charge >= 0.3 is 0 Å². The van der Waals surface area contributed by atoms with Gasteiger partial charge in [0.05, 0.1) is 0 Å². The van der Waals surface area contributed by atoms with Crippen molar-refractivity contribution in [3.8, 4) is 0 Å². The van der Waals surface area contributed by atoms with Crippen LogP contribution < -0.4 is 5.32 Å². The van der Waals surface area contributed by atoms with E-state index in [4.69, 9.17) is 0 Å². The summed E-state index contributed by atoms with van der Waals surface area (Å²) in [4.78, 5) is 0. The Balaban J connectivity index is 2.65. The molecule has 0 amide bonds. The van der Waals surface area contributed by atoms with E-state index in [1.807, 2.05) is 0 Å². The Bertz CT molecular complexity index is 190. The van der Waals surface area contributed by atoms with Crippen LogP contribution in [0.25, 0.3) is 0 Å². The Morgan fingerprint density at radius 3 is 2.12 bits per heavy atom. The SMILES string of the molecule is CCCNC(C1CCCCCC1)C(C)(C)CC. The highest BCUT2D eigenvalue weighted by Crippen LogP contribution is 2.36. The summed E-state index contributed by atoms with van der Waals surface area (Å²) in [5.41, 5.74) is 0.449. The van der Waals surface area contributed by atoms with Crippen molar-refractivity contribution in [2.45, 2.75) is 85.1 Å². The highest BCUT2D eigenvalue weighted by molar-refractivity contribution is 4.89. The van der Waals surface area contributed by atoms with Crippen molar-refractivity contribution in [3.63, 3.8) is 0 Å². The van der Waals surface area contributed by atoms with E-state index < -0.39 is 0 Å². The molecule has 0 saturated heterocycles. The molecular weight excluding hydrogens is 206 g/mol. The van der Waals surface area contributed by atoms with Crippen LogP contribution in [0, 0.1) is 11.3 Å². The molecular formula is C16H33N. The Morgan fingerprint density at radius 1 is 1.06 bits per heavy atom. The third-order valence-electron chi connectivity index (χ3n) is 4.74. The third-order valence-corrected chi connectivity index (χ3v) is 4.74. The predicted molar refractivity (Wildman–Crippen MR) is 77.3 cm³/mol. The van der Waals surface area contributed by atoms with E-state index in [9.17, 15) is 0 Å². The molecule has 1 heteroatoms. The van der Waals surface area contributed by atoms with Crippen LogP contribution in [0.5, 0.6) is 0 Å². The van der Waals surface area contributed by atoms with E-state index in [2.05, 4.69) is 33.0 Å². The topological polar surface area (TPSA) is 12.0 Å². The molecule has 1 atom stereocenters. The van der Waals surface area contributed by atoms with Crippen LogP contribution in [-0.4, -0.2) is 12.6 Å². The summed E-state index contributed by atoms with van der Waals surface area (Å²) in [7, 11) is 0. The van der Waals surface area contributed by atoms with Gasteiger partial charge in [0, 0.05) is 6.04 Å². The number of hydrogen-bond acceptors (Lipinski definition) is 1. The molecule has 0 aromatic carbocycles. The lowest BCUT2D eigenvalue weighted by Crippen LogP contribution is -2.47. The Hall–Kier alpha value is -0.0400. The molecule has 0 aromatic rings. The zero-order valence-electron chi connectivity index (χ0n) is 12.5. The molecule has 1 saturated carbocycles. The van der Waals surface area contributed by atoms with E-state index in [1.54, 1.807) is 0 Å². The van der Waals surface area contributed by atoms with Crippen molar-refractivity contribution in [1.29, 1.82) is 0 Å². The van der Waals surface area contributed by atoms with Gasteiger partial charge in [-0.25, -0.2) is 0 Å². The second kappa shape index (κ2) is 7.41. The summed E-state index contributed by atoms with van der Waals surface area (Å²) in [5.74, 6) is 0.916. The second-order valence-corrected chi connectivity index (χ2v) is 6.53. The molecule has 0 bridgehead atoms. The maximum Gasteiger partial charge on any atom is 0.0146 e. The lowest BCUT2D eigenvalue weighted by Gasteiger charge is -2.40. The largest absolute Gasteiger partial charge is 0.313 e. The molecule has 0 aliphatic heterocycles. The first-order valence-corrected chi connectivity index (χ1v) is 7.85. The minimum Gasteiger partial charge on any atom is -0.313 e. The highest BCUT2D eigenvalue weighted by atomic mass is 14.9. The van der Waals surface area contributed by atoms with Gasteiger partial charge in [-0.3, -0.25) is 0 Å². The highest BCUT2D eigenvalue weighted by Gasteiger charge is 2.33. The van der Waals surface area contributed by atoms with Crippen LogP contribution in [0.3, 0.4) is 0 Å². The molecule has 0 heterocycles. The molecule has 1 nitrogen and oxygen atoms in total. The summed E-state index contributed by atoms with van der Waals surface area (Å²) >= 11 is 0. The maximum absolute atomic E-state index is 3.86. The molecule has 1 rings (SSSR count). The van der Waals surface area contributed by atoms with Gasteiger partial charge in [0.1, 0.15) is 0 Å². The lowest BCUT2D eigenvalue weighted by molar-refractivity contribution is 0.154. The van der Waals surface area contributed by atoms with E-state index in [1.165, 1.54) is 57.9 Å². The van der Waals surface area contributed by atoms with E-state index in [0.717, 1.165) is 12.0 Å². The van der Waals surface area contributed by atoms with Crippen LogP contribution >= 0.6 is 0 Å². The fraction of sp³-hybridized carbons (Fsp3) is 1.00.